The van der Waals surface area contributed by atoms with Crippen LogP contribution in [0.5, 0.6) is 0 Å². The number of aromatic amines is 1. The van der Waals surface area contributed by atoms with Crippen molar-refractivity contribution in [2.45, 2.75) is 11.8 Å². The lowest BCUT2D eigenvalue weighted by molar-refractivity contribution is 0.104. The second-order valence-corrected chi connectivity index (χ2v) is 8.20. The van der Waals surface area contributed by atoms with Gasteiger partial charge in [0.15, 0.2) is 5.78 Å². The molecule has 8 nitrogen and oxygen atoms in total. The number of nitrogens with one attached hydrogen (secondary N) is 2. The van der Waals surface area contributed by atoms with E-state index >= 15 is 0 Å². The third-order valence-electron chi connectivity index (χ3n) is 4.42. The highest BCUT2D eigenvalue weighted by molar-refractivity contribution is 7.92. The molecule has 0 unspecified atom stereocenters. The van der Waals surface area contributed by atoms with Gasteiger partial charge in [-0.3, -0.25) is 9.52 Å². The molecule has 146 valence electrons. The van der Waals surface area contributed by atoms with Crippen LogP contribution in [0, 0.1) is 6.92 Å². The highest BCUT2D eigenvalue weighted by Gasteiger charge is 2.19. The first kappa shape index (κ1) is 18.6. The van der Waals surface area contributed by atoms with Gasteiger partial charge in [0.2, 0.25) is 0 Å². The van der Waals surface area contributed by atoms with E-state index in [-0.39, 0.29) is 22.2 Å². The van der Waals surface area contributed by atoms with E-state index in [1.165, 1.54) is 24.7 Å². The number of sulfonamides is 1. The van der Waals surface area contributed by atoms with Crippen LogP contribution in [0.25, 0.3) is 11.0 Å². The van der Waals surface area contributed by atoms with E-state index in [4.69, 9.17) is 5.73 Å². The van der Waals surface area contributed by atoms with Crippen molar-refractivity contribution in [2.24, 2.45) is 0 Å². The van der Waals surface area contributed by atoms with Crippen LogP contribution in [0.2, 0.25) is 0 Å². The first-order valence-electron chi connectivity index (χ1n) is 8.67. The number of nitrogens with zero attached hydrogens (tertiary/aromatic N) is 2. The fourth-order valence-electron chi connectivity index (χ4n) is 3.04. The Kier molecular flexibility index (Phi) is 4.51. The summed E-state index contributed by atoms with van der Waals surface area (Å²) >= 11 is 0. The maximum absolute atomic E-state index is 13.0. The Morgan fingerprint density at radius 2 is 1.90 bits per heavy atom. The summed E-state index contributed by atoms with van der Waals surface area (Å²) in [4.78, 5) is 24.0. The topological polar surface area (TPSA) is 131 Å². The van der Waals surface area contributed by atoms with Crippen LogP contribution in [0.4, 0.5) is 11.5 Å². The number of ketones is 1. The van der Waals surface area contributed by atoms with Crippen molar-refractivity contribution in [2.75, 3.05) is 10.5 Å². The summed E-state index contributed by atoms with van der Waals surface area (Å²) in [7, 11) is -3.78. The number of carbonyl (C=O) groups excluding carboxylic acids is 1. The minimum Gasteiger partial charge on any atom is -0.383 e. The zero-order valence-electron chi connectivity index (χ0n) is 15.4. The van der Waals surface area contributed by atoms with Gasteiger partial charge in [-0.1, -0.05) is 24.3 Å². The van der Waals surface area contributed by atoms with Gasteiger partial charge in [-0.05, 0) is 36.8 Å². The fourth-order valence-corrected chi connectivity index (χ4v) is 4.20. The van der Waals surface area contributed by atoms with Crippen LogP contribution in [-0.4, -0.2) is 29.2 Å². The molecule has 0 aliphatic heterocycles. The molecule has 4 N–H and O–H groups in total. The molecule has 0 radical (unpaired) electrons. The minimum absolute atomic E-state index is 0.149. The predicted molar refractivity (Wildman–Crippen MR) is 110 cm³/mol. The minimum atomic E-state index is -3.78. The zero-order valence-corrected chi connectivity index (χ0v) is 16.2. The lowest BCUT2D eigenvalue weighted by Crippen LogP contribution is -2.13. The molecule has 0 saturated carbocycles. The molecule has 0 saturated heterocycles. The lowest BCUT2D eigenvalue weighted by Gasteiger charge is -2.10. The van der Waals surface area contributed by atoms with Crippen LogP contribution >= 0.6 is 0 Å². The van der Waals surface area contributed by atoms with Crippen LogP contribution < -0.4 is 10.5 Å². The zero-order chi connectivity index (χ0) is 20.6. The van der Waals surface area contributed by atoms with E-state index in [0.29, 0.717) is 22.2 Å². The summed E-state index contributed by atoms with van der Waals surface area (Å²) < 4.78 is 27.8. The van der Waals surface area contributed by atoms with Crippen molar-refractivity contribution < 1.29 is 13.2 Å². The summed E-state index contributed by atoms with van der Waals surface area (Å²) in [6.07, 6.45) is 2.82. The van der Waals surface area contributed by atoms with E-state index in [1.54, 1.807) is 30.3 Å². The number of rotatable bonds is 5. The molecular formula is C20H17N5O3S. The highest BCUT2D eigenvalue weighted by atomic mass is 32.2. The Balaban J connectivity index is 1.68. The molecule has 2 aromatic heterocycles. The van der Waals surface area contributed by atoms with Gasteiger partial charge in [-0.15, -0.1) is 0 Å². The smallest absolute Gasteiger partial charge is 0.261 e. The van der Waals surface area contributed by atoms with Gasteiger partial charge in [-0.25, -0.2) is 18.4 Å². The van der Waals surface area contributed by atoms with Gasteiger partial charge < -0.3 is 10.7 Å². The summed E-state index contributed by atoms with van der Waals surface area (Å²) in [5.74, 6) is -0.134. The standard InChI is InChI=1S/C20H17N5O3S/c1-12-4-2-7-15(8-12)29(27,28)25-14-6-3-5-13(9-14)18(26)16-10-22-20-17(16)19(21)23-11-24-20/h2-11,25H,1H3,(H3,21,22,23,24). The number of hydrogen-bond donors (Lipinski definition) is 3. The summed E-state index contributed by atoms with van der Waals surface area (Å²) in [6, 6.07) is 12.8. The third-order valence-corrected chi connectivity index (χ3v) is 5.80. The average Bonchev–Trinajstić information content (AvgIpc) is 3.13. The predicted octanol–water partition coefficient (Wildman–Crippen LogP) is 2.88. The van der Waals surface area contributed by atoms with Crippen molar-refractivity contribution in [3.63, 3.8) is 0 Å². The number of fused-ring (bicyclic) bond motifs is 1. The van der Waals surface area contributed by atoms with Crippen LogP contribution in [0.3, 0.4) is 0 Å². The van der Waals surface area contributed by atoms with Gasteiger partial charge >= 0.3 is 0 Å². The first-order valence-corrected chi connectivity index (χ1v) is 10.2. The maximum atomic E-state index is 13.0. The molecule has 0 amide bonds. The van der Waals surface area contributed by atoms with E-state index in [0.717, 1.165) is 5.56 Å². The van der Waals surface area contributed by atoms with Crippen LogP contribution in [0.1, 0.15) is 21.5 Å². The second-order valence-electron chi connectivity index (χ2n) is 6.52. The number of nitrogen functional groups attached to an aromatic ring is 1. The van der Waals surface area contributed by atoms with Crippen molar-refractivity contribution in [3.8, 4) is 0 Å². The monoisotopic (exact) mass is 407 g/mol. The maximum Gasteiger partial charge on any atom is 0.261 e. The molecule has 4 aromatic rings. The van der Waals surface area contributed by atoms with Gasteiger partial charge in [0.05, 0.1) is 15.8 Å². The Morgan fingerprint density at radius 3 is 2.69 bits per heavy atom. The Labute approximate surface area is 166 Å². The molecule has 2 aromatic carbocycles. The third kappa shape index (κ3) is 3.55. The molecule has 9 heteroatoms. The normalized spacial score (nSPS) is 11.5. The molecule has 0 fully saturated rings. The molecule has 0 spiro atoms. The summed E-state index contributed by atoms with van der Waals surface area (Å²) in [5.41, 5.74) is 8.08. The largest absolute Gasteiger partial charge is 0.383 e. The fraction of sp³-hybridized carbons (Fsp3) is 0.0500. The number of hydrogen-bond acceptors (Lipinski definition) is 6. The number of anilines is 2. The molecule has 2 heterocycles. The molecule has 0 aliphatic carbocycles. The Hall–Kier alpha value is -3.72. The van der Waals surface area contributed by atoms with Crippen molar-refractivity contribution in [1.29, 1.82) is 0 Å². The van der Waals surface area contributed by atoms with E-state index in [1.807, 2.05) is 13.0 Å². The number of nitrogens with two attached hydrogens (primary N) is 1. The van der Waals surface area contributed by atoms with Crippen molar-refractivity contribution >= 4 is 38.3 Å². The molecule has 0 aliphatic rings. The summed E-state index contributed by atoms with van der Waals surface area (Å²) in [6.45, 7) is 1.81. The quantitative estimate of drug-likeness (QED) is 0.436. The van der Waals surface area contributed by atoms with Gasteiger partial charge in [0, 0.05) is 17.4 Å². The SMILES string of the molecule is Cc1cccc(S(=O)(=O)Nc2cccc(C(=O)c3c[nH]c4ncnc(N)c34)c2)c1. The molecular weight excluding hydrogens is 390 g/mol. The van der Waals surface area contributed by atoms with Gasteiger partial charge in [0.25, 0.3) is 10.0 Å². The van der Waals surface area contributed by atoms with Gasteiger partial charge in [-0.2, -0.15) is 0 Å². The summed E-state index contributed by atoms with van der Waals surface area (Å²) in [5, 5.41) is 0.434. The second kappa shape index (κ2) is 7.02. The highest BCUT2D eigenvalue weighted by Crippen LogP contribution is 2.25. The van der Waals surface area contributed by atoms with E-state index in [9.17, 15) is 13.2 Å². The van der Waals surface area contributed by atoms with E-state index < -0.39 is 10.0 Å². The lowest BCUT2D eigenvalue weighted by atomic mass is 10.0. The first-order chi connectivity index (χ1) is 13.8. The molecule has 0 bridgehead atoms. The molecule has 29 heavy (non-hydrogen) atoms. The van der Waals surface area contributed by atoms with Crippen LogP contribution in [0.15, 0.2) is 66.0 Å². The number of aryl methyl sites for hydroxylation is 1. The number of H-pyrrole nitrogens is 1. The molecule has 4 rings (SSSR count). The molecule has 0 atom stereocenters. The van der Waals surface area contributed by atoms with Gasteiger partial charge in [0.1, 0.15) is 17.8 Å². The number of carbonyl (C=O) groups is 1. The Bertz CT molecular complexity index is 1350. The van der Waals surface area contributed by atoms with Crippen LogP contribution in [-0.2, 0) is 10.0 Å². The van der Waals surface area contributed by atoms with Crippen molar-refractivity contribution in [1.82, 2.24) is 15.0 Å². The number of aromatic nitrogens is 3. The number of benzene rings is 2. The van der Waals surface area contributed by atoms with E-state index in [2.05, 4.69) is 19.7 Å². The average molecular weight is 407 g/mol. The Morgan fingerprint density at radius 1 is 1.10 bits per heavy atom. The van der Waals surface area contributed by atoms with Crippen molar-refractivity contribution in [3.05, 3.63) is 77.7 Å².